The van der Waals surface area contributed by atoms with Crippen molar-refractivity contribution in [2.75, 3.05) is 4.72 Å². The van der Waals surface area contributed by atoms with Crippen LogP contribution in [0.5, 0.6) is 5.88 Å². The third-order valence-corrected chi connectivity index (χ3v) is 6.13. The maximum atomic E-state index is 12.8. The molecule has 1 aliphatic rings. The van der Waals surface area contributed by atoms with Gasteiger partial charge in [-0.15, -0.1) is 0 Å². The van der Waals surface area contributed by atoms with Crippen molar-refractivity contribution in [3.8, 4) is 5.88 Å². The van der Waals surface area contributed by atoms with Crippen molar-refractivity contribution in [3.63, 3.8) is 0 Å². The maximum Gasteiger partial charge on any atom is 0.261 e. The van der Waals surface area contributed by atoms with Crippen LogP contribution in [0.25, 0.3) is 17.0 Å². The highest BCUT2D eigenvalue weighted by atomic mass is 32.2. The number of hydrogen-bond donors (Lipinski definition) is 3. The summed E-state index contributed by atoms with van der Waals surface area (Å²) in [4.78, 5) is 11.8. The Morgan fingerprint density at radius 1 is 0.900 bits per heavy atom. The molecule has 1 aliphatic heterocycles. The molecule has 0 unspecified atom stereocenters. The summed E-state index contributed by atoms with van der Waals surface area (Å²) in [7, 11) is -3.80. The highest BCUT2D eigenvalue weighted by molar-refractivity contribution is 7.92. The van der Waals surface area contributed by atoms with Gasteiger partial charge in [0.05, 0.1) is 15.6 Å². The largest absolute Gasteiger partial charge is 0.494 e. The fourth-order valence-corrected chi connectivity index (χ4v) is 4.41. The summed E-state index contributed by atoms with van der Waals surface area (Å²) in [5, 5.41) is 12.4. The van der Waals surface area contributed by atoms with Crippen LogP contribution in [0.2, 0.25) is 0 Å². The molecule has 30 heavy (non-hydrogen) atoms. The summed E-state index contributed by atoms with van der Waals surface area (Å²) >= 11 is 0. The standard InChI is InChI=1S/C22H16N4O3S/c27-22-17(13-21-23-19-8-4-5-9-20(19)24-21)16-12-15(10-11-18(16)25-22)30(28,29)26-14-6-2-1-3-7-14/h1-13,25-27H. The molecule has 148 valence electrons. The van der Waals surface area contributed by atoms with Crippen LogP contribution in [-0.2, 0) is 10.0 Å². The van der Waals surface area contributed by atoms with Gasteiger partial charge in [0.2, 0.25) is 0 Å². The number of nitrogens with one attached hydrogen (secondary N) is 2. The lowest BCUT2D eigenvalue weighted by Crippen LogP contribution is -2.19. The molecule has 5 rings (SSSR count). The molecule has 0 fully saturated rings. The molecule has 3 N–H and O–H groups in total. The summed E-state index contributed by atoms with van der Waals surface area (Å²) in [6.45, 7) is 0. The Bertz CT molecular complexity index is 1500. The van der Waals surface area contributed by atoms with Crippen molar-refractivity contribution < 1.29 is 13.5 Å². The second kappa shape index (κ2) is 6.85. The van der Waals surface area contributed by atoms with E-state index in [2.05, 4.69) is 19.7 Å². The highest BCUT2D eigenvalue weighted by Gasteiger charge is 2.18. The van der Waals surface area contributed by atoms with Gasteiger partial charge in [-0.05, 0) is 48.5 Å². The number of benzene rings is 3. The topological polar surface area (TPSA) is 107 Å². The van der Waals surface area contributed by atoms with Gasteiger partial charge in [-0.2, -0.15) is 0 Å². The molecule has 0 atom stereocenters. The molecule has 4 aromatic rings. The van der Waals surface area contributed by atoms with Crippen molar-refractivity contribution in [1.82, 2.24) is 4.98 Å². The highest BCUT2D eigenvalue weighted by Crippen LogP contribution is 2.32. The van der Waals surface area contributed by atoms with Crippen LogP contribution in [0.1, 0.15) is 5.56 Å². The first-order valence-electron chi connectivity index (χ1n) is 9.16. The molecule has 0 saturated heterocycles. The zero-order valence-corrected chi connectivity index (χ0v) is 16.4. The summed E-state index contributed by atoms with van der Waals surface area (Å²) in [6.07, 6.45) is 1.63. The van der Waals surface area contributed by atoms with Crippen LogP contribution in [-0.4, -0.2) is 18.5 Å². The number of anilines is 1. The Balaban J connectivity index is 1.59. The van der Waals surface area contributed by atoms with E-state index in [1.807, 2.05) is 30.3 Å². The summed E-state index contributed by atoms with van der Waals surface area (Å²) in [6, 6.07) is 20.8. The van der Waals surface area contributed by atoms with E-state index in [1.165, 1.54) is 12.1 Å². The minimum absolute atomic E-state index is 0.0792. The van der Waals surface area contributed by atoms with E-state index in [1.54, 1.807) is 36.4 Å². The minimum atomic E-state index is -3.80. The number of H-pyrrole nitrogens is 1. The SMILES string of the molecule is O=S(=O)(Nc1ccccc1)c1ccc2[nH]c(O)c(C=C3N=c4ccccc4=N3)c2c1. The molecule has 0 aliphatic carbocycles. The van der Waals surface area contributed by atoms with Gasteiger partial charge in [0.25, 0.3) is 10.0 Å². The molecular formula is C22H16N4O3S. The van der Waals surface area contributed by atoms with Gasteiger partial charge in [-0.3, -0.25) is 4.72 Å². The number of aromatic hydroxyl groups is 1. The molecule has 2 heterocycles. The Morgan fingerprint density at radius 3 is 2.27 bits per heavy atom. The average Bonchev–Trinajstić information content (AvgIpc) is 3.28. The molecular weight excluding hydrogens is 400 g/mol. The lowest BCUT2D eigenvalue weighted by Gasteiger charge is -2.08. The number of fused-ring (bicyclic) bond motifs is 2. The number of hydrogen-bond acceptors (Lipinski definition) is 5. The Labute approximate surface area is 171 Å². The first-order chi connectivity index (χ1) is 14.5. The van der Waals surface area contributed by atoms with E-state index in [-0.39, 0.29) is 10.8 Å². The number of aromatic amines is 1. The second-order valence-corrected chi connectivity index (χ2v) is 8.46. The molecule has 0 radical (unpaired) electrons. The summed E-state index contributed by atoms with van der Waals surface area (Å²) in [5.74, 6) is 0.354. The van der Waals surface area contributed by atoms with Gasteiger partial charge < -0.3 is 10.1 Å². The number of sulfonamides is 1. The van der Waals surface area contributed by atoms with E-state index in [4.69, 9.17) is 0 Å². The van der Waals surface area contributed by atoms with Crippen LogP contribution in [0, 0.1) is 0 Å². The molecule has 7 nitrogen and oxygen atoms in total. The van der Waals surface area contributed by atoms with E-state index >= 15 is 0 Å². The minimum Gasteiger partial charge on any atom is -0.494 e. The monoisotopic (exact) mass is 416 g/mol. The van der Waals surface area contributed by atoms with Gasteiger partial charge in [0.15, 0.2) is 11.7 Å². The van der Waals surface area contributed by atoms with Crippen LogP contribution < -0.4 is 15.4 Å². The summed E-state index contributed by atoms with van der Waals surface area (Å²) in [5.41, 5.74) is 1.50. The van der Waals surface area contributed by atoms with Crippen LogP contribution in [0.4, 0.5) is 5.69 Å². The summed E-state index contributed by atoms with van der Waals surface area (Å²) < 4.78 is 28.2. The number of nitrogens with zero attached hydrogens (tertiary/aromatic N) is 2. The zero-order valence-electron chi connectivity index (χ0n) is 15.6. The predicted octanol–water partition coefficient (Wildman–Crippen LogP) is 2.93. The molecule has 8 heteroatoms. The van der Waals surface area contributed by atoms with E-state index < -0.39 is 10.0 Å². The lowest BCUT2D eigenvalue weighted by atomic mass is 10.1. The second-order valence-electron chi connectivity index (χ2n) is 6.78. The van der Waals surface area contributed by atoms with E-state index in [0.29, 0.717) is 28.0 Å². The van der Waals surface area contributed by atoms with E-state index in [9.17, 15) is 13.5 Å². The first kappa shape index (κ1) is 18.1. The quantitative estimate of drug-likeness (QED) is 0.476. The van der Waals surface area contributed by atoms with E-state index in [0.717, 1.165) is 10.7 Å². The Kier molecular flexibility index (Phi) is 4.14. The molecule has 0 bridgehead atoms. The van der Waals surface area contributed by atoms with Gasteiger partial charge in [0.1, 0.15) is 0 Å². The fourth-order valence-electron chi connectivity index (χ4n) is 3.33. The maximum absolute atomic E-state index is 12.8. The van der Waals surface area contributed by atoms with Gasteiger partial charge in [-0.1, -0.05) is 30.3 Å². The van der Waals surface area contributed by atoms with Gasteiger partial charge in [-0.25, -0.2) is 18.4 Å². The third kappa shape index (κ3) is 3.23. The van der Waals surface area contributed by atoms with Crippen molar-refractivity contribution in [3.05, 3.63) is 94.9 Å². The van der Waals surface area contributed by atoms with Gasteiger partial charge in [0, 0.05) is 22.2 Å². The molecule has 0 saturated carbocycles. The number of rotatable bonds is 4. The zero-order chi connectivity index (χ0) is 20.7. The van der Waals surface area contributed by atoms with Crippen molar-refractivity contribution in [1.29, 1.82) is 0 Å². The third-order valence-electron chi connectivity index (χ3n) is 4.75. The first-order valence-corrected chi connectivity index (χ1v) is 10.6. The van der Waals surface area contributed by atoms with Crippen molar-refractivity contribution in [2.45, 2.75) is 4.90 Å². The fraction of sp³-hybridized carbons (Fsp3) is 0. The van der Waals surface area contributed by atoms with Crippen molar-refractivity contribution in [2.24, 2.45) is 9.98 Å². The number of para-hydroxylation sites is 3. The molecule has 1 aromatic heterocycles. The van der Waals surface area contributed by atoms with Crippen LogP contribution in [0.3, 0.4) is 0 Å². The Morgan fingerprint density at radius 2 is 1.57 bits per heavy atom. The number of aromatic nitrogens is 1. The smallest absolute Gasteiger partial charge is 0.261 e. The van der Waals surface area contributed by atoms with Crippen LogP contribution >= 0.6 is 0 Å². The average molecular weight is 416 g/mol. The van der Waals surface area contributed by atoms with Crippen molar-refractivity contribution >= 4 is 32.7 Å². The Hall–Kier alpha value is -3.91. The molecule has 3 aromatic carbocycles. The molecule has 0 spiro atoms. The molecule has 0 amide bonds. The van der Waals surface area contributed by atoms with Gasteiger partial charge >= 0.3 is 0 Å². The van der Waals surface area contributed by atoms with Crippen LogP contribution in [0.15, 0.2) is 93.5 Å². The lowest BCUT2D eigenvalue weighted by molar-refractivity contribution is 0.457. The predicted molar refractivity (Wildman–Crippen MR) is 114 cm³/mol. The normalized spacial score (nSPS) is 12.9.